The van der Waals surface area contributed by atoms with Gasteiger partial charge in [0, 0.05) is 18.0 Å². The minimum atomic E-state index is 0.725. The summed E-state index contributed by atoms with van der Waals surface area (Å²) in [5.74, 6) is 0.788. The normalized spacial score (nSPS) is 19.6. The van der Waals surface area contributed by atoms with Gasteiger partial charge in [0.2, 0.25) is 0 Å². The highest BCUT2D eigenvalue weighted by atomic mass is 79.9. The van der Waals surface area contributed by atoms with E-state index >= 15 is 0 Å². The van der Waals surface area contributed by atoms with E-state index in [1.807, 2.05) is 11.5 Å². The zero-order valence-electron chi connectivity index (χ0n) is 7.11. The number of nitrogens with zero attached hydrogens (tertiary/aromatic N) is 3. The van der Waals surface area contributed by atoms with Crippen LogP contribution < -0.4 is 0 Å². The van der Waals surface area contributed by atoms with Gasteiger partial charge < -0.3 is 9.42 Å². The van der Waals surface area contributed by atoms with Gasteiger partial charge in [-0.2, -0.15) is 0 Å². The molecular formula is C8H6BrN3OS. The van der Waals surface area contributed by atoms with E-state index in [1.54, 1.807) is 11.8 Å². The molecule has 0 saturated carbocycles. The first-order chi connectivity index (χ1) is 6.84. The Morgan fingerprint density at radius 3 is 3.29 bits per heavy atom. The summed E-state index contributed by atoms with van der Waals surface area (Å²) in [4.78, 5) is 6.51. The van der Waals surface area contributed by atoms with Crippen LogP contribution in [0.2, 0.25) is 0 Å². The zero-order chi connectivity index (χ0) is 9.54. The van der Waals surface area contributed by atoms with Crippen molar-refractivity contribution in [2.75, 3.05) is 13.1 Å². The van der Waals surface area contributed by atoms with Gasteiger partial charge in [-0.15, -0.1) is 0 Å². The molecule has 0 radical (unpaired) electrons. The molecule has 0 spiro atoms. The van der Waals surface area contributed by atoms with Crippen molar-refractivity contribution >= 4 is 38.6 Å². The lowest BCUT2D eigenvalue weighted by Gasteiger charge is -2.13. The van der Waals surface area contributed by atoms with E-state index in [4.69, 9.17) is 4.52 Å². The molecule has 0 aliphatic carbocycles. The second kappa shape index (κ2) is 3.13. The summed E-state index contributed by atoms with van der Waals surface area (Å²) < 4.78 is 5.91. The lowest BCUT2D eigenvalue weighted by atomic mass is 10.3. The Morgan fingerprint density at radius 2 is 2.50 bits per heavy atom. The number of rotatable bonds is 1. The Balaban J connectivity index is 1.97. The first kappa shape index (κ1) is 8.55. The van der Waals surface area contributed by atoms with E-state index in [9.17, 15) is 0 Å². The third kappa shape index (κ3) is 1.21. The van der Waals surface area contributed by atoms with Crippen LogP contribution in [0, 0.1) is 0 Å². The van der Waals surface area contributed by atoms with Crippen molar-refractivity contribution in [1.29, 1.82) is 0 Å². The Hall–Kier alpha value is -0.750. The van der Waals surface area contributed by atoms with Crippen molar-refractivity contribution in [3.63, 3.8) is 0 Å². The van der Waals surface area contributed by atoms with Gasteiger partial charge in [0.05, 0.1) is 12.2 Å². The fourth-order valence-electron chi connectivity index (χ4n) is 1.49. The van der Waals surface area contributed by atoms with Crippen molar-refractivity contribution in [2.24, 2.45) is 4.99 Å². The highest BCUT2D eigenvalue weighted by Crippen LogP contribution is 2.35. The van der Waals surface area contributed by atoms with Crippen LogP contribution in [0.4, 0.5) is 0 Å². The van der Waals surface area contributed by atoms with Gasteiger partial charge in [-0.25, -0.2) is 0 Å². The monoisotopic (exact) mass is 271 g/mol. The second-order valence-electron chi connectivity index (χ2n) is 2.95. The van der Waals surface area contributed by atoms with Gasteiger partial charge in [-0.1, -0.05) is 16.9 Å². The number of thioether (sulfide) groups is 1. The molecule has 2 aliphatic rings. The van der Waals surface area contributed by atoms with Crippen molar-refractivity contribution in [3.8, 4) is 0 Å². The molecule has 1 aromatic heterocycles. The highest BCUT2D eigenvalue weighted by Gasteiger charge is 2.29. The average Bonchev–Trinajstić information content (AvgIpc) is 2.77. The first-order valence-electron chi connectivity index (χ1n) is 4.16. The Bertz CT molecular complexity index is 440. The summed E-state index contributed by atoms with van der Waals surface area (Å²) in [6, 6.07) is 1.87. The van der Waals surface area contributed by atoms with Gasteiger partial charge in [0.1, 0.15) is 4.60 Å². The maximum absolute atomic E-state index is 5.18. The highest BCUT2D eigenvalue weighted by molar-refractivity contribution is 9.10. The molecule has 0 aromatic carbocycles. The maximum Gasteiger partial charge on any atom is 0.185 e. The standard InChI is InChI=1S/C8H6BrN3OS/c9-7-3-6(13-11-7)5-4-14-8-10-1-2-12(5)8/h3-4H,1-2H2. The van der Waals surface area contributed by atoms with Crippen LogP contribution in [-0.4, -0.2) is 28.3 Å². The summed E-state index contributed by atoms with van der Waals surface area (Å²) in [6.45, 7) is 1.81. The van der Waals surface area contributed by atoms with Crippen molar-refractivity contribution < 1.29 is 4.52 Å². The lowest BCUT2D eigenvalue weighted by Crippen LogP contribution is -2.19. The molecule has 4 nitrogen and oxygen atoms in total. The fraction of sp³-hybridized carbons (Fsp3) is 0.250. The van der Waals surface area contributed by atoms with Gasteiger partial charge >= 0.3 is 0 Å². The van der Waals surface area contributed by atoms with Crippen LogP contribution in [0.5, 0.6) is 0 Å². The number of amidine groups is 1. The van der Waals surface area contributed by atoms with Gasteiger partial charge in [-0.05, 0) is 15.9 Å². The Morgan fingerprint density at radius 1 is 1.57 bits per heavy atom. The van der Waals surface area contributed by atoms with Crippen LogP contribution in [-0.2, 0) is 0 Å². The van der Waals surface area contributed by atoms with Gasteiger partial charge in [0.15, 0.2) is 10.9 Å². The van der Waals surface area contributed by atoms with Crippen molar-refractivity contribution in [2.45, 2.75) is 0 Å². The molecule has 0 fully saturated rings. The molecule has 3 rings (SSSR count). The molecule has 14 heavy (non-hydrogen) atoms. The smallest absolute Gasteiger partial charge is 0.185 e. The third-order valence-corrected chi connectivity index (χ3v) is 3.38. The van der Waals surface area contributed by atoms with E-state index < -0.39 is 0 Å². The maximum atomic E-state index is 5.18. The van der Waals surface area contributed by atoms with Crippen LogP contribution >= 0.6 is 27.7 Å². The van der Waals surface area contributed by atoms with Crippen LogP contribution in [0.3, 0.4) is 0 Å². The molecule has 0 atom stereocenters. The molecule has 1 aromatic rings. The number of hydrogen-bond acceptors (Lipinski definition) is 5. The number of aliphatic imine (C=N–C) groups is 1. The predicted octanol–water partition coefficient (Wildman–Crippen LogP) is 2.15. The molecule has 0 unspecified atom stereocenters. The number of halogens is 1. The summed E-state index contributed by atoms with van der Waals surface area (Å²) >= 11 is 4.90. The first-order valence-corrected chi connectivity index (χ1v) is 5.83. The number of fused-ring (bicyclic) bond motifs is 1. The molecule has 0 bridgehead atoms. The van der Waals surface area contributed by atoms with Crippen molar-refractivity contribution in [1.82, 2.24) is 10.1 Å². The summed E-state index contributed by atoms with van der Waals surface area (Å²) in [5, 5.41) is 6.91. The Kier molecular flexibility index (Phi) is 1.91. The molecule has 3 heterocycles. The SMILES string of the molecule is Brc1cc(C2=CSC3=NCCN23)on1. The topological polar surface area (TPSA) is 41.6 Å². The molecule has 0 saturated heterocycles. The van der Waals surface area contributed by atoms with E-state index in [2.05, 4.69) is 31.0 Å². The average molecular weight is 272 g/mol. The minimum Gasteiger partial charge on any atom is -0.354 e. The van der Waals surface area contributed by atoms with E-state index in [1.165, 1.54) is 0 Å². The fourth-order valence-corrected chi connectivity index (χ4v) is 2.71. The van der Waals surface area contributed by atoms with Crippen LogP contribution in [0.15, 0.2) is 25.6 Å². The van der Waals surface area contributed by atoms with Gasteiger partial charge in [-0.3, -0.25) is 4.99 Å². The van der Waals surface area contributed by atoms with E-state index in [0.717, 1.165) is 34.3 Å². The van der Waals surface area contributed by atoms with Crippen molar-refractivity contribution in [3.05, 3.63) is 21.8 Å². The van der Waals surface area contributed by atoms with Crippen LogP contribution in [0.25, 0.3) is 5.70 Å². The largest absolute Gasteiger partial charge is 0.354 e. The summed E-state index contributed by atoms with van der Waals surface area (Å²) in [6.07, 6.45) is 0. The van der Waals surface area contributed by atoms with Gasteiger partial charge in [0.25, 0.3) is 0 Å². The quantitative estimate of drug-likeness (QED) is 0.785. The molecule has 0 amide bonds. The molecular weight excluding hydrogens is 266 g/mol. The third-order valence-electron chi connectivity index (χ3n) is 2.10. The molecule has 6 heteroatoms. The second-order valence-corrected chi connectivity index (χ2v) is 4.60. The minimum absolute atomic E-state index is 0.725. The van der Waals surface area contributed by atoms with E-state index in [-0.39, 0.29) is 0 Å². The molecule has 72 valence electrons. The predicted molar refractivity (Wildman–Crippen MR) is 58.8 cm³/mol. The Labute approximate surface area is 93.2 Å². The summed E-state index contributed by atoms with van der Waals surface area (Å²) in [7, 11) is 0. The summed E-state index contributed by atoms with van der Waals surface area (Å²) in [5.41, 5.74) is 1.06. The van der Waals surface area contributed by atoms with Crippen LogP contribution in [0.1, 0.15) is 5.76 Å². The number of hydrogen-bond donors (Lipinski definition) is 0. The molecule has 0 N–H and O–H groups in total. The van der Waals surface area contributed by atoms with E-state index in [0.29, 0.717) is 0 Å². The lowest BCUT2D eigenvalue weighted by molar-refractivity contribution is 0.397. The molecule has 2 aliphatic heterocycles. The zero-order valence-corrected chi connectivity index (χ0v) is 9.51. The number of aromatic nitrogens is 1.